The first-order chi connectivity index (χ1) is 10.6. The minimum absolute atomic E-state index is 0.278. The third-order valence-electron chi connectivity index (χ3n) is 3.78. The number of nitrogens with one attached hydrogen (secondary N) is 1. The molecule has 1 aromatic heterocycles. The summed E-state index contributed by atoms with van der Waals surface area (Å²) in [5, 5.41) is 0.947. The Bertz CT molecular complexity index is 832. The summed E-state index contributed by atoms with van der Waals surface area (Å²) in [6, 6.07) is 14.0. The van der Waals surface area contributed by atoms with Gasteiger partial charge >= 0.3 is 5.97 Å². The Balaban J connectivity index is 2.34. The van der Waals surface area contributed by atoms with Crippen LogP contribution in [-0.4, -0.2) is 17.6 Å². The van der Waals surface area contributed by atoms with Crippen molar-refractivity contribution in [1.82, 2.24) is 4.98 Å². The van der Waals surface area contributed by atoms with Gasteiger partial charge in [0.05, 0.1) is 17.9 Å². The molecule has 112 valence electrons. The van der Waals surface area contributed by atoms with E-state index < -0.39 is 0 Å². The lowest BCUT2D eigenvalue weighted by Gasteiger charge is -2.06. The van der Waals surface area contributed by atoms with E-state index >= 15 is 0 Å². The van der Waals surface area contributed by atoms with Gasteiger partial charge in [0, 0.05) is 10.9 Å². The average molecular weight is 293 g/mol. The van der Waals surface area contributed by atoms with Crippen LogP contribution in [0.4, 0.5) is 0 Å². The molecular formula is C19H19NO2. The Morgan fingerprint density at radius 3 is 2.55 bits per heavy atom. The molecule has 0 saturated carbocycles. The molecule has 1 heterocycles. The summed E-state index contributed by atoms with van der Waals surface area (Å²) >= 11 is 0. The molecule has 0 spiro atoms. The number of esters is 1. The van der Waals surface area contributed by atoms with E-state index in [1.54, 1.807) is 0 Å². The molecule has 2 aromatic carbocycles. The topological polar surface area (TPSA) is 42.1 Å². The Hall–Kier alpha value is -2.55. The molecule has 1 N–H and O–H groups in total. The first-order valence-electron chi connectivity index (χ1n) is 7.47. The van der Waals surface area contributed by atoms with Crippen molar-refractivity contribution in [3.63, 3.8) is 0 Å². The monoisotopic (exact) mass is 293 g/mol. The smallest absolute Gasteiger partial charge is 0.340 e. The van der Waals surface area contributed by atoms with Crippen molar-refractivity contribution < 1.29 is 9.53 Å². The summed E-state index contributed by atoms with van der Waals surface area (Å²) in [7, 11) is 0. The van der Waals surface area contributed by atoms with Gasteiger partial charge < -0.3 is 9.72 Å². The zero-order valence-corrected chi connectivity index (χ0v) is 13.1. The maximum absolute atomic E-state index is 12.5. The van der Waals surface area contributed by atoms with Crippen molar-refractivity contribution in [2.75, 3.05) is 6.61 Å². The number of ether oxygens (including phenoxy) is 1. The summed E-state index contributed by atoms with van der Waals surface area (Å²) in [4.78, 5) is 15.9. The summed E-state index contributed by atoms with van der Waals surface area (Å²) in [5.74, 6) is -0.278. The number of H-pyrrole nitrogens is 1. The first kappa shape index (κ1) is 14.4. The molecule has 0 aliphatic carbocycles. The number of rotatable bonds is 3. The highest BCUT2D eigenvalue weighted by Gasteiger charge is 2.22. The number of carbonyl (C=O) groups excluding carboxylic acids is 1. The summed E-state index contributed by atoms with van der Waals surface area (Å²) in [5.41, 5.74) is 5.65. The Morgan fingerprint density at radius 1 is 1.14 bits per heavy atom. The number of carbonyl (C=O) groups is 1. The van der Waals surface area contributed by atoms with Crippen molar-refractivity contribution in [2.24, 2.45) is 0 Å². The maximum atomic E-state index is 12.5. The third kappa shape index (κ3) is 2.39. The second kappa shape index (κ2) is 5.68. The lowest BCUT2D eigenvalue weighted by Crippen LogP contribution is -2.06. The Kier molecular flexibility index (Phi) is 3.72. The quantitative estimate of drug-likeness (QED) is 0.715. The van der Waals surface area contributed by atoms with E-state index in [-0.39, 0.29) is 5.97 Å². The number of hydrogen-bond donors (Lipinski definition) is 1. The number of aryl methyl sites for hydroxylation is 2. The van der Waals surface area contributed by atoms with E-state index in [0.29, 0.717) is 12.2 Å². The predicted octanol–water partition coefficient (Wildman–Crippen LogP) is 4.63. The highest BCUT2D eigenvalue weighted by molar-refractivity contribution is 6.11. The van der Waals surface area contributed by atoms with Crippen LogP contribution in [0.1, 0.15) is 28.4 Å². The predicted molar refractivity (Wildman–Crippen MR) is 89.2 cm³/mol. The SMILES string of the molecule is CCOC(=O)c1c(-c2ccccc2)[nH]c2cc(C)cc(C)c12. The minimum Gasteiger partial charge on any atom is -0.462 e. The average Bonchev–Trinajstić information content (AvgIpc) is 2.88. The van der Waals surface area contributed by atoms with Crippen LogP contribution in [0, 0.1) is 13.8 Å². The lowest BCUT2D eigenvalue weighted by atomic mass is 10.0. The molecule has 22 heavy (non-hydrogen) atoms. The van der Waals surface area contributed by atoms with Crippen LogP contribution in [0.25, 0.3) is 22.2 Å². The Labute approximate surface area is 129 Å². The second-order valence-corrected chi connectivity index (χ2v) is 5.47. The van der Waals surface area contributed by atoms with E-state index in [0.717, 1.165) is 27.7 Å². The van der Waals surface area contributed by atoms with Gasteiger partial charge in [0.1, 0.15) is 0 Å². The fourth-order valence-corrected chi connectivity index (χ4v) is 2.95. The normalized spacial score (nSPS) is 10.9. The van der Waals surface area contributed by atoms with E-state index in [4.69, 9.17) is 4.74 Å². The molecule has 0 aliphatic rings. The van der Waals surface area contributed by atoms with Gasteiger partial charge in [0.2, 0.25) is 0 Å². The zero-order chi connectivity index (χ0) is 15.7. The number of aromatic amines is 1. The molecule has 0 fully saturated rings. The highest BCUT2D eigenvalue weighted by atomic mass is 16.5. The number of aromatic nitrogens is 1. The molecule has 0 unspecified atom stereocenters. The number of fused-ring (bicyclic) bond motifs is 1. The molecular weight excluding hydrogens is 274 g/mol. The largest absolute Gasteiger partial charge is 0.462 e. The minimum atomic E-state index is -0.278. The standard InChI is InChI=1S/C19H19NO2/c1-4-22-19(21)17-16-13(3)10-12(2)11-15(16)20-18(17)14-8-6-5-7-9-14/h5-11,20H,4H2,1-3H3. The summed E-state index contributed by atoms with van der Waals surface area (Å²) < 4.78 is 5.28. The molecule has 3 rings (SSSR count). The van der Waals surface area contributed by atoms with E-state index in [1.165, 1.54) is 5.56 Å². The van der Waals surface area contributed by atoms with Gasteiger partial charge in [0.15, 0.2) is 0 Å². The fourth-order valence-electron chi connectivity index (χ4n) is 2.95. The van der Waals surface area contributed by atoms with Crippen LogP contribution in [-0.2, 0) is 4.74 Å². The summed E-state index contributed by atoms with van der Waals surface area (Å²) in [6.07, 6.45) is 0. The van der Waals surface area contributed by atoms with E-state index in [9.17, 15) is 4.79 Å². The van der Waals surface area contributed by atoms with Crippen LogP contribution < -0.4 is 0 Å². The lowest BCUT2D eigenvalue weighted by molar-refractivity contribution is 0.0529. The van der Waals surface area contributed by atoms with Crippen LogP contribution in [0.5, 0.6) is 0 Å². The van der Waals surface area contributed by atoms with E-state index in [2.05, 4.69) is 24.0 Å². The Morgan fingerprint density at radius 2 is 1.86 bits per heavy atom. The van der Waals surface area contributed by atoms with Crippen LogP contribution in [0.15, 0.2) is 42.5 Å². The molecule has 0 aliphatic heterocycles. The van der Waals surface area contributed by atoms with Crippen LogP contribution in [0.3, 0.4) is 0 Å². The molecule has 0 saturated heterocycles. The molecule has 0 amide bonds. The van der Waals surface area contributed by atoms with Crippen molar-refractivity contribution in [3.8, 4) is 11.3 Å². The van der Waals surface area contributed by atoms with Crippen molar-refractivity contribution in [3.05, 3.63) is 59.2 Å². The van der Waals surface area contributed by atoms with Crippen LogP contribution in [0.2, 0.25) is 0 Å². The molecule has 0 bridgehead atoms. The third-order valence-corrected chi connectivity index (χ3v) is 3.78. The van der Waals surface area contributed by atoms with Crippen molar-refractivity contribution in [2.45, 2.75) is 20.8 Å². The van der Waals surface area contributed by atoms with Gasteiger partial charge in [-0.15, -0.1) is 0 Å². The molecule has 3 heteroatoms. The second-order valence-electron chi connectivity index (χ2n) is 5.47. The fraction of sp³-hybridized carbons (Fsp3) is 0.211. The zero-order valence-electron chi connectivity index (χ0n) is 13.1. The molecule has 3 nitrogen and oxygen atoms in total. The molecule has 3 aromatic rings. The van der Waals surface area contributed by atoms with Gasteiger partial charge in [-0.05, 0) is 43.5 Å². The molecule has 0 atom stereocenters. The molecule has 0 radical (unpaired) electrons. The van der Waals surface area contributed by atoms with Gasteiger partial charge in [-0.2, -0.15) is 0 Å². The summed E-state index contributed by atoms with van der Waals surface area (Å²) in [6.45, 7) is 6.27. The van der Waals surface area contributed by atoms with Crippen molar-refractivity contribution >= 4 is 16.9 Å². The maximum Gasteiger partial charge on any atom is 0.340 e. The van der Waals surface area contributed by atoms with Gasteiger partial charge in [-0.3, -0.25) is 0 Å². The van der Waals surface area contributed by atoms with Crippen molar-refractivity contribution in [1.29, 1.82) is 0 Å². The number of benzene rings is 2. The van der Waals surface area contributed by atoms with Gasteiger partial charge in [-0.25, -0.2) is 4.79 Å². The van der Waals surface area contributed by atoms with E-state index in [1.807, 2.05) is 44.2 Å². The first-order valence-corrected chi connectivity index (χ1v) is 7.47. The van der Waals surface area contributed by atoms with Crippen LogP contribution >= 0.6 is 0 Å². The van der Waals surface area contributed by atoms with Gasteiger partial charge in [-0.1, -0.05) is 36.4 Å². The number of hydrogen-bond acceptors (Lipinski definition) is 2. The van der Waals surface area contributed by atoms with Gasteiger partial charge in [0.25, 0.3) is 0 Å². The highest BCUT2D eigenvalue weighted by Crippen LogP contribution is 2.33.